The summed E-state index contributed by atoms with van der Waals surface area (Å²) >= 11 is 3.35. The van der Waals surface area contributed by atoms with Crippen LogP contribution >= 0.6 is 23.1 Å². The lowest BCUT2D eigenvalue weighted by atomic mass is 10.2. The molecule has 6 heteroatoms. The summed E-state index contributed by atoms with van der Waals surface area (Å²) in [5.74, 6) is 1.70. The van der Waals surface area contributed by atoms with Crippen LogP contribution < -0.4 is 10.3 Å². The lowest BCUT2D eigenvalue weighted by Gasteiger charge is -2.13. The SMILES string of the molecule is CCSc1nc(=O)c2c3c(sc2n1-c1ccc(OC)cc1)CCC3. The van der Waals surface area contributed by atoms with E-state index in [0.717, 1.165) is 51.8 Å². The fourth-order valence-electron chi connectivity index (χ4n) is 3.23. The third-order valence-corrected chi connectivity index (χ3v) is 6.41. The summed E-state index contributed by atoms with van der Waals surface area (Å²) in [5, 5.41) is 1.59. The van der Waals surface area contributed by atoms with Gasteiger partial charge in [-0.3, -0.25) is 9.36 Å². The van der Waals surface area contributed by atoms with Crippen LogP contribution in [-0.4, -0.2) is 22.4 Å². The van der Waals surface area contributed by atoms with E-state index < -0.39 is 0 Å². The van der Waals surface area contributed by atoms with Gasteiger partial charge in [-0.1, -0.05) is 18.7 Å². The Kier molecular flexibility index (Phi) is 4.10. The van der Waals surface area contributed by atoms with Gasteiger partial charge in [0.25, 0.3) is 5.56 Å². The Balaban J connectivity index is 2.02. The van der Waals surface area contributed by atoms with E-state index in [1.807, 2.05) is 24.3 Å². The van der Waals surface area contributed by atoms with Crippen LogP contribution in [0.2, 0.25) is 0 Å². The number of fused-ring (bicyclic) bond motifs is 3. The fraction of sp³-hybridized carbons (Fsp3) is 0.333. The normalized spacial score (nSPS) is 13.4. The van der Waals surface area contributed by atoms with Crippen LogP contribution in [0.1, 0.15) is 23.8 Å². The highest BCUT2D eigenvalue weighted by Gasteiger charge is 2.24. The van der Waals surface area contributed by atoms with Crippen molar-refractivity contribution in [1.82, 2.24) is 9.55 Å². The molecule has 0 radical (unpaired) electrons. The number of aromatic nitrogens is 2. The van der Waals surface area contributed by atoms with Crippen molar-refractivity contribution in [2.45, 2.75) is 31.3 Å². The Labute approximate surface area is 148 Å². The number of nitrogens with zero attached hydrogens (tertiary/aromatic N) is 2. The van der Waals surface area contributed by atoms with Crippen LogP contribution in [0.3, 0.4) is 0 Å². The van der Waals surface area contributed by atoms with Crippen LogP contribution in [0.25, 0.3) is 15.9 Å². The molecule has 0 saturated heterocycles. The lowest BCUT2D eigenvalue weighted by Crippen LogP contribution is -2.14. The summed E-state index contributed by atoms with van der Waals surface area (Å²) in [7, 11) is 1.66. The summed E-state index contributed by atoms with van der Waals surface area (Å²) in [6.45, 7) is 2.08. The van der Waals surface area contributed by atoms with Gasteiger partial charge in [-0.15, -0.1) is 11.3 Å². The second-order valence-electron chi connectivity index (χ2n) is 5.70. The molecule has 0 aliphatic heterocycles. The van der Waals surface area contributed by atoms with Gasteiger partial charge in [0.05, 0.1) is 12.5 Å². The number of benzene rings is 1. The van der Waals surface area contributed by atoms with E-state index in [9.17, 15) is 4.79 Å². The quantitative estimate of drug-likeness (QED) is 0.521. The van der Waals surface area contributed by atoms with Crippen LogP contribution in [0.4, 0.5) is 0 Å². The summed E-state index contributed by atoms with van der Waals surface area (Å²) in [6, 6.07) is 7.94. The van der Waals surface area contributed by atoms with Crippen molar-refractivity contribution in [2.24, 2.45) is 0 Å². The van der Waals surface area contributed by atoms with Crippen LogP contribution in [0.15, 0.2) is 34.2 Å². The highest BCUT2D eigenvalue weighted by atomic mass is 32.2. The molecule has 124 valence electrons. The number of rotatable bonds is 4. The van der Waals surface area contributed by atoms with Gasteiger partial charge in [0.1, 0.15) is 10.6 Å². The number of aryl methyl sites for hydroxylation is 2. The van der Waals surface area contributed by atoms with E-state index in [0.29, 0.717) is 0 Å². The van der Waals surface area contributed by atoms with Crippen molar-refractivity contribution in [2.75, 3.05) is 12.9 Å². The molecule has 2 heterocycles. The van der Waals surface area contributed by atoms with Crippen molar-refractivity contribution in [1.29, 1.82) is 0 Å². The number of hydrogen-bond acceptors (Lipinski definition) is 5. The molecule has 4 rings (SSSR count). The van der Waals surface area contributed by atoms with Crippen molar-refractivity contribution < 1.29 is 4.74 Å². The van der Waals surface area contributed by atoms with E-state index >= 15 is 0 Å². The Morgan fingerprint density at radius 3 is 2.79 bits per heavy atom. The second-order valence-corrected chi connectivity index (χ2v) is 8.02. The summed E-state index contributed by atoms with van der Waals surface area (Å²) in [5.41, 5.74) is 2.16. The van der Waals surface area contributed by atoms with Gasteiger partial charge < -0.3 is 4.74 Å². The molecule has 0 saturated carbocycles. The van der Waals surface area contributed by atoms with Crippen molar-refractivity contribution in [3.63, 3.8) is 0 Å². The molecule has 0 spiro atoms. The zero-order valence-electron chi connectivity index (χ0n) is 13.7. The maximum atomic E-state index is 12.6. The van der Waals surface area contributed by atoms with Gasteiger partial charge >= 0.3 is 0 Å². The highest BCUT2D eigenvalue weighted by Crippen LogP contribution is 2.38. The first-order valence-corrected chi connectivity index (χ1v) is 9.87. The Morgan fingerprint density at radius 2 is 2.08 bits per heavy atom. The van der Waals surface area contributed by atoms with E-state index in [1.165, 1.54) is 10.4 Å². The maximum absolute atomic E-state index is 12.6. The summed E-state index contributed by atoms with van der Waals surface area (Å²) < 4.78 is 7.39. The molecule has 2 aromatic heterocycles. The largest absolute Gasteiger partial charge is 0.497 e. The van der Waals surface area contributed by atoms with E-state index in [-0.39, 0.29) is 5.56 Å². The van der Waals surface area contributed by atoms with Gasteiger partial charge in [0.15, 0.2) is 5.16 Å². The minimum Gasteiger partial charge on any atom is -0.497 e. The van der Waals surface area contributed by atoms with Crippen LogP contribution in [-0.2, 0) is 12.8 Å². The predicted octanol–water partition coefficient (Wildman–Crippen LogP) is 4.06. The van der Waals surface area contributed by atoms with E-state index in [4.69, 9.17) is 4.74 Å². The molecule has 0 unspecified atom stereocenters. The minimum absolute atomic E-state index is 0.0786. The maximum Gasteiger partial charge on any atom is 0.282 e. The molecule has 0 amide bonds. The molecule has 1 aromatic carbocycles. The Hall–Kier alpha value is -1.79. The van der Waals surface area contributed by atoms with Crippen molar-refractivity contribution in [3.8, 4) is 11.4 Å². The first-order chi connectivity index (χ1) is 11.7. The van der Waals surface area contributed by atoms with E-state index in [1.54, 1.807) is 30.2 Å². The molecule has 0 bridgehead atoms. The second kappa shape index (κ2) is 6.26. The van der Waals surface area contributed by atoms with E-state index in [2.05, 4.69) is 16.5 Å². The van der Waals surface area contributed by atoms with Gasteiger partial charge in [-0.25, -0.2) is 0 Å². The molecule has 1 aliphatic rings. The average molecular weight is 358 g/mol. The zero-order chi connectivity index (χ0) is 16.7. The molecule has 4 nitrogen and oxygen atoms in total. The topological polar surface area (TPSA) is 44.1 Å². The minimum atomic E-state index is -0.0786. The van der Waals surface area contributed by atoms with Crippen molar-refractivity contribution in [3.05, 3.63) is 45.1 Å². The van der Waals surface area contributed by atoms with Crippen LogP contribution in [0.5, 0.6) is 5.75 Å². The molecular formula is C18H18N2O2S2. The first kappa shape index (κ1) is 15.7. The standard InChI is InChI=1S/C18H18N2O2S2/c1-3-23-18-19-16(21)15-13-5-4-6-14(13)24-17(15)20(18)11-7-9-12(22-2)10-8-11/h7-10H,3-6H2,1-2H3. The summed E-state index contributed by atoms with van der Waals surface area (Å²) in [4.78, 5) is 19.4. The predicted molar refractivity (Wildman–Crippen MR) is 100 cm³/mol. The molecule has 0 atom stereocenters. The molecule has 0 fully saturated rings. The summed E-state index contributed by atoms with van der Waals surface area (Å²) in [6.07, 6.45) is 3.21. The lowest BCUT2D eigenvalue weighted by molar-refractivity contribution is 0.414. The molecular weight excluding hydrogens is 340 g/mol. The number of thioether (sulfide) groups is 1. The smallest absolute Gasteiger partial charge is 0.282 e. The molecule has 0 N–H and O–H groups in total. The number of ether oxygens (including phenoxy) is 1. The number of thiophene rings is 1. The molecule has 1 aliphatic carbocycles. The highest BCUT2D eigenvalue weighted by molar-refractivity contribution is 7.99. The average Bonchev–Trinajstić information content (AvgIpc) is 3.16. The van der Waals surface area contributed by atoms with Gasteiger partial charge in [0, 0.05) is 10.6 Å². The van der Waals surface area contributed by atoms with Crippen LogP contribution in [0, 0.1) is 0 Å². The molecule has 3 aromatic rings. The fourth-order valence-corrected chi connectivity index (χ4v) is 5.42. The van der Waals surface area contributed by atoms with Gasteiger partial charge in [0.2, 0.25) is 0 Å². The molecule has 24 heavy (non-hydrogen) atoms. The van der Waals surface area contributed by atoms with Crippen molar-refractivity contribution >= 4 is 33.3 Å². The third kappa shape index (κ3) is 2.45. The third-order valence-electron chi connectivity index (χ3n) is 4.31. The number of methoxy groups -OCH3 is 1. The number of hydrogen-bond donors (Lipinski definition) is 0. The van der Waals surface area contributed by atoms with Gasteiger partial charge in [-0.05, 0) is 54.8 Å². The van der Waals surface area contributed by atoms with Gasteiger partial charge in [-0.2, -0.15) is 4.98 Å². The first-order valence-electron chi connectivity index (χ1n) is 8.07. The zero-order valence-corrected chi connectivity index (χ0v) is 15.3. The monoisotopic (exact) mass is 358 g/mol. The Bertz CT molecular complexity index is 958. The Morgan fingerprint density at radius 1 is 1.29 bits per heavy atom.